The van der Waals surface area contributed by atoms with E-state index in [0.717, 1.165) is 45.1 Å². The van der Waals surface area contributed by atoms with E-state index >= 15 is 0 Å². The van der Waals surface area contributed by atoms with Crippen molar-refractivity contribution >= 4 is 8.80 Å². The summed E-state index contributed by atoms with van der Waals surface area (Å²) < 4.78 is 44.1. The van der Waals surface area contributed by atoms with Crippen LogP contribution in [0, 0.1) is 0 Å². The number of hydrogen-bond donors (Lipinski definition) is 0. The van der Waals surface area contributed by atoms with Crippen LogP contribution in [0.4, 0.5) is 0 Å². The van der Waals surface area contributed by atoms with Gasteiger partial charge in [-0.3, -0.25) is 0 Å². The molecule has 4 atom stereocenters. The van der Waals surface area contributed by atoms with E-state index in [4.69, 9.17) is 32.2 Å². The lowest BCUT2D eigenvalue weighted by Gasteiger charge is -2.53. The summed E-state index contributed by atoms with van der Waals surface area (Å²) in [5, 5.41) is -0.825. The van der Waals surface area contributed by atoms with Crippen LogP contribution in [-0.4, -0.2) is 72.2 Å². The maximum Gasteiger partial charge on any atom is 0.538 e. The minimum Gasteiger partial charge on any atom is -0.375 e. The zero-order valence-electron chi connectivity index (χ0n) is 17.3. The Morgan fingerprint density at radius 1 is 0.926 bits per heavy atom. The van der Waals surface area contributed by atoms with Crippen LogP contribution in [-0.2, 0) is 32.2 Å². The molecule has 0 aliphatic carbocycles. The summed E-state index contributed by atoms with van der Waals surface area (Å²) in [5.74, 6) is 0. The normalized spacial score (nSPS) is 37.3. The molecule has 0 radical (unpaired) electrons. The summed E-state index contributed by atoms with van der Waals surface area (Å²) in [7, 11) is -1.60. The van der Waals surface area contributed by atoms with E-state index in [0.29, 0.717) is 26.4 Å². The van der Waals surface area contributed by atoms with Crippen molar-refractivity contribution in [3.63, 3.8) is 0 Å². The van der Waals surface area contributed by atoms with Gasteiger partial charge < -0.3 is 32.2 Å². The summed E-state index contributed by atoms with van der Waals surface area (Å²) in [5.41, 5.74) is -0.623. The minimum absolute atomic E-state index is 0.0381. The highest BCUT2D eigenvalue weighted by molar-refractivity contribution is 6.64. The second-order valence-corrected chi connectivity index (χ2v) is 10.1. The third kappa shape index (κ3) is 3.52. The third-order valence-corrected chi connectivity index (χ3v) is 9.80. The van der Waals surface area contributed by atoms with Gasteiger partial charge in [-0.2, -0.15) is 0 Å². The molecule has 3 fully saturated rings. The van der Waals surface area contributed by atoms with Crippen LogP contribution >= 0.6 is 0 Å². The molecule has 3 rings (SSSR count). The van der Waals surface area contributed by atoms with Crippen molar-refractivity contribution in [3.8, 4) is 0 Å². The first-order valence-electron chi connectivity index (χ1n) is 10.5. The summed E-state index contributed by atoms with van der Waals surface area (Å²) >= 11 is 0. The molecule has 3 aliphatic rings. The third-order valence-electron chi connectivity index (χ3n) is 6.01. The fourth-order valence-electron chi connectivity index (χ4n) is 5.11. The van der Waals surface area contributed by atoms with Gasteiger partial charge in [0, 0.05) is 46.6 Å². The first-order valence-corrected chi connectivity index (χ1v) is 12.2. The van der Waals surface area contributed by atoms with Crippen LogP contribution in [0.25, 0.3) is 0 Å². The fourth-order valence-corrected chi connectivity index (χ4v) is 8.80. The predicted octanol–water partition coefficient (Wildman–Crippen LogP) is 2.82. The molecule has 4 unspecified atom stereocenters. The van der Waals surface area contributed by atoms with Crippen LogP contribution in [0.2, 0.25) is 0 Å². The van der Waals surface area contributed by atoms with Gasteiger partial charge in [0.1, 0.15) is 5.60 Å². The van der Waals surface area contributed by atoms with E-state index in [1.165, 1.54) is 0 Å². The Kier molecular flexibility index (Phi) is 7.35. The van der Waals surface area contributed by atoms with Crippen molar-refractivity contribution in [2.24, 2.45) is 0 Å². The summed E-state index contributed by atoms with van der Waals surface area (Å²) in [4.78, 5) is 0. The fraction of sp³-hybridized carbons (Fsp3) is 1.00. The summed E-state index contributed by atoms with van der Waals surface area (Å²) in [6.45, 7) is 8.87. The van der Waals surface area contributed by atoms with Crippen molar-refractivity contribution in [1.29, 1.82) is 0 Å². The lowest BCUT2D eigenvalue weighted by molar-refractivity contribution is -0.245. The molecular weight excluding hydrogens is 368 g/mol. The van der Waals surface area contributed by atoms with Crippen LogP contribution in [0.3, 0.4) is 0 Å². The second-order valence-electron chi connectivity index (χ2n) is 7.35. The summed E-state index contributed by atoms with van der Waals surface area (Å²) in [6, 6.07) is 0. The standard InChI is InChI=1S/C19H36O7Si/c1-5-23-27(24-6-2,25-7-3)19(13-11-17(20-4)26-19)18(12-9-15-22-18)16-10-8-14-21-16/h16-17H,5-15H2,1-4H3. The van der Waals surface area contributed by atoms with Crippen molar-refractivity contribution in [3.05, 3.63) is 0 Å². The zero-order chi connectivity index (χ0) is 19.4. The highest BCUT2D eigenvalue weighted by atomic mass is 28.4. The van der Waals surface area contributed by atoms with Crippen LogP contribution in [0.5, 0.6) is 0 Å². The Morgan fingerprint density at radius 2 is 1.63 bits per heavy atom. The Labute approximate surface area is 164 Å². The predicted molar refractivity (Wildman–Crippen MR) is 101 cm³/mol. The van der Waals surface area contributed by atoms with Gasteiger partial charge in [0.25, 0.3) is 0 Å². The Morgan fingerprint density at radius 3 is 2.07 bits per heavy atom. The number of hydrogen-bond acceptors (Lipinski definition) is 7. The maximum atomic E-state index is 6.68. The topological polar surface area (TPSA) is 64.6 Å². The SMILES string of the molecule is CCO[Si](OCC)(OCC)C1(C2(C3CCCO3)CCCO2)CCC(OC)O1. The molecule has 0 N–H and O–H groups in total. The van der Waals surface area contributed by atoms with Crippen molar-refractivity contribution in [2.45, 2.75) is 82.5 Å². The van der Waals surface area contributed by atoms with E-state index in [-0.39, 0.29) is 12.4 Å². The number of methoxy groups -OCH3 is 1. The molecule has 27 heavy (non-hydrogen) atoms. The molecule has 0 saturated carbocycles. The number of rotatable bonds is 10. The van der Waals surface area contributed by atoms with Crippen LogP contribution < -0.4 is 0 Å². The van der Waals surface area contributed by atoms with Gasteiger partial charge >= 0.3 is 8.80 Å². The van der Waals surface area contributed by atoms with Crippen molar-refractivity contribution < 1.29 is 32.2 Å². The minimum atomic E-state index is -3.28. The second kappa shape index (κ2) is 9.17. The Hall–Kier alpha value is -0.0631. The molecule has 0 aromatic rings. The van der Waals surface area contributed by atoms with Gasteiger partial charge in [-0.15, -0.1) is 0 Å². The average Bonchev–Trinajstić information content (AvgIpc) is 3.42. The number of ether oxygens (including phenoxy) is 4. The van der Waals surface area contributed by atoms with Gasteiger partial charge in [0.05, 0.1) is 6.10 Å². The van der Waals surface area contributed by atoms with Gasteiger partial charge in [-0.1, -0.05) is 0 Å². The molecule has 0 aromatic heterocycles. The molecule has 0 bridgehead atoms. The lowest BCUT2D eigenvalue weighted by Crippen LogP contribution is -2.77. The monoisotopic (exact) mass is 404 g/mol. The van der Waals surface area contributed by atoms with Crippen LogP contribution in [0.1, 0.15) is 59.3 Å². The van der Waals surface area contributed by atoms with Crippen LogP contribution in [0.15, 0.2) is 0 Å². The van der Waals surface area contributed by atoms with Crippen molar-refractivity contribution in [2.75, 3.05) is 40.1 Å². The van der Waals surface area contributed by atoms with Gasteiger partial charge in [-0.05, 0) is 52.9 Å². The summed E-state index contributed by atoms with van der Waals surface area (Å²) in [6.07, 6.45) is 4.94. The highest BCUT2D eigenvalue weighted by Gasteiger charge is 2.77. The maximum absolute atomic E-state index is 6.68. The Bertz CT molecular complexity index is 448. The van der Waals surface area contributed by atoms with Crippen molar-refractivity contribution in [1.82, 2.24) is 0 Å². The van der Waals surface area contributed by atoms with Gasteiger partial charge in [-0.25, -0.2) is 0 Å². The van der Waals surface area contributed by atoms with E-state index in [2.05, 4.69) is 0 Å². The van der Waals surface area contributed by atoms with E-state index in [1.807, 2.05) is 20.8 Å². The Balaban J connectivity index is 2.12. The molecule has 3 aliphatic heterocycles. The highest BCUT2D eigenvalue weighted by Crippen LogP contribution is 2.55. The molecule has 7 nitrogen and oxygen atoms in total. The molecule has 3 heterocycles. The molecule has 0 aromatic carbocycles. The zero-order valence-corrected chi connectivity index (χ0v) is 18.3. The molecular formula is C19H36O7Si. The van der Waals surface area contributed by atoms with Gasteiger partial charge in [0.15, 0.2) is 11.5 Å². The molecule has 0 amide bonds. The van der Waals surface area contributed by atoms with Gasteiger partial charge in [0.2, 0.25) is 0 Å². The van der Waals surface area contributed by atoms with E-state index in [9.17, 15) is 0 Å². The molecule has 158 valence electrons. The van der Waals surface area contributed by atoms with E-state index < -0.39 is 19.6 Å². The molecule has 0 spiro atoms. The first-order chi connectivity index (χ1) is 13.1. The molecule has 8 heteroatoms. The lowest BCUT2D eigenvalue weighted by atomic mass is 9.83. The smallest absolute Gasteiger partial charge is 0.375 e. The first kappa shape index (κ1) is 21.6. The quantitative estimate of drug-likeness (QED) is 0.519. The average molecular weight is 405 g/mol. The molecule has 3 saturated heterocycles. The van der Waals surface area contributed by atoms with E-state index in [1.54, 1.807) is 7.11 Å². The largest absolute Gasteiger partial charge is 0.538 e.